The zero-order valence-corrected chi connectivity index (χ0v) is 13.3. The third-order valence-corrected chi connectivity index (χ3v) is 4.30. The van der Waals surface area contributed by atoms with Crippen molar-refractivity contribution in [2.24, 2.45) is 5.73 Å². The number of amides is 1. The van der Waals surface area contributed by atoms with Gasteiger partial charge in [0.25, 0.3) is 0 Å². The summed E-state index contributed by atoms with van der Waals surface area (Å²) in [5.74, 6) is 0.662. The molecule has 0 spiro atoms. The van der Waals surface area contributed by atoms with Crippen LogP contribution < -0.4 is 21.1 Å². The van der Waals surface area contributed by atoms with E-state index in [2.05, 4.69) is 29.7 Å². The predicted molar refractivity (Wildman–Crippen MR) is 87.1 cm³/mol. The Balaban J connectivity index is 1.73. The Morgan fingerprint density at radius 3 is 2.59 bits per heavy atom. The zero-order chi connectivity index (χ0) is 15.9. The van der Waals surface area contributed by atoms with Gasteiger partial charge in [0, 0.05) is 44.2 Å². The summed E-state index contributed by atoms with van der Waals surface area (Å²) >= 11 is 0. The van der Waals surface area contributed by atoms with Crippen molar-refractivity contribution < 1.29 is 9.53 Å². The van der Waals surface area contributed by atoms with Gasteiger partial charge in [0.1, 0.15) is 11.4 Å². The third kappa shape index (κ3) is 2.97. The quantitative estimate of drug-likeness (QED) is 0.798. The molecule has 0 saturated carbocycles. The lowest BCUT2D eigenvalue weighted by Crippen LogP contribution is -2.49. The second-order valence-corrected chi connectivity index (χ2v) is 6.79. The monoisotopic (exact) mass is 304 g/mol. The molecule has 6 heteroatoms. The lowest BCUT2D eigenvalue weighted by molar-refractivity contribution is -0.119. The van der Waals surface area contributed by atoms with E-state index in [-0.39, 0.29) is 11.5 Å². The number of fused-ring (bicyclic) bond motifs is 1. The lowest BCUT2D eigenvalue weighted by atomic mass is 10.0. The third-order valence-electron chi connectivity index (χ3n) is 4.30. The molecule has 120 valence electrons. The predicted octanol–water partition coefficient (Wildman–Crippen LogP) is 0.590. The Kier molecular flexibility index (Phi) is 3.64. The Labute approximate surface area is 131 Å². The number of hydrogen-bond acceptors (Lipinski definition) is 5. The van der Waals surface area contributed by atoms with Crippen molar-refractivity contribution in [2.75, 3.05) is 43.4 Å². The van der Waals surface area contributed by atoms with Gasteiger partial charge in [-0.1, -0.05) is 0 Å². The van der Waals surface area contributed by atoms with E-state index in [0.29, 0.717) is 6.54 Å². The molecule has 3 rings (SSSR count). The summed E-state index contributed by atoms with van der Waals surface area (Å²) < 4.78 is 6.00. The van der Waals surface area contributed by atoms with Crippen LogP contribution in [-0.4, -0.2) is 49.1 Å². The molecule has 0 aromatic heterocycles. The average Bonchev–Trinajstić information content (AvgIpc) is 2.71. The van der Waals surface area contributed by atoms with E-state index in [4.69, 9.17) is 16.2 Å². The first-order chi connectivity index (χ1) is 10.3. The fraction of sp³-hybridized carbons (Fsp3) is 0.562. The molecule has 1 aromatic carbocycles. The molecular weight excluding hydrogens is 280 g/mol. The van der Waals surface area contributed by atoms with Crippen molar-refractivity contribution in [3.05, 3.63) is 17.7 Å². The molecule has 1 aromatic rings. The summed E-state index contributed by atoms with van der Waals surface area (Å²) in [4.78, 5) is 15.3. The maximum Gasteiger partial charge on any atom is 0.231 e. The van der Waals surface area contributed by atoms with Crippen LogP contribution in [0, 0.1) is 0 Å². The number of ether oxygens (including phenoxy) is 1. The Morgan fingerprint density at radius 2 is 1.95 bits per heavy atom. The van der Waals surface area contributed by atoms with Gasteiger partial charge in [-0.05, 0) is 19.9 Å². The van der Waals surface area contributed by atoms with E-state index in [9.17, 15) is 4.79 Å². The number of nitrogens with zero attached hydrogens (tertiary/aromatic N) is 2. The minimum absolute atomic E-state index is 0.159. The van der Waals surface area contributed by atoms with Crippen LogP contribution in [0.4, 0.5) is 11.4 Å². The van der Waals surface area contributed by atoms with Crippen molar-refractivity contribution in [1.29, 1.82) is 0 Å². The molecule has 6 nitrogen and oxygen atoms in total. The van der Waals surface area contributed by atoms with Gasteiger partial charge in [-0.3, -0.25) is 9.69 Å². The zero-order valence-electron chi connectivity index (χ0n) is 13.3. The van der Waals surface area contributed by atoms with Crippen LogP contribution in [-0.2, 0) is 11.2 Å². The van der Waals surface area contributed by atoms with Crippen molar-refractivity contribution in [1.82, 2.24) is 4.90 Å². The van der Waals surface area contributed by atoms with E-state index >= 15 is 0 Å². The highest BCUT2D eigenvalue weighted by atomic mass is 16.5. The number of anilines is 2. The molecule has 22 heavy (non-hydrogen) atoms. The van der Waals surface area contributed by atoms with Gasteiger partial charge in [-0.15, -0.1) is 0 Å². The van der Waals surface area contributed by atoms with Crippen molar-refractivity contribution >= 4 is 17.3 Å². The fourth-order valence-electron chi connectivity index (χ4n) is 3.30. The van der Waals surface area contributed by atoms with E-state index in [1.54, 1.807) is 0 Å². The Hall–Kier alpha value is -1.95. The number of carbonyl (C=O) groups excluding carboxylic acids is 1. The van der Waals surface area contributed by atoms with E-state index < -0.39 is 0 Å². The summed E-state index contributed by atoms with van der Waals surface area (Å²) in [6.45, 7) is 7.79. The highest BCUT2D eigenvalue weighted by Gasteiger charge is 2.31. The van der Waals surface area contributed by atoms with E-state index in [1.807, 2.05) is 6.07 Å². The molecule has 0 aliphatic carbocycles. The van der Waals surface area contributed by atoms with Crippen LogP contribution in [0.3, 0.4) is 0 Å². The van der Waals surface area contributed by atoms with Gasteiger partial charge in [-0.2, -0.15) is 0 Å². The number of nitrogen functional groups attached to an aromatic ring is 1. The van der Waals surface area contributed by atoms with Crippen LogP contribution >= 0.6 is 0 Å². The van der Waals surface area contributed by atoms with Gasteiger partial charge in [-0.25, -0.2) is 0 Å². The topological polar surface area (TPSA) is 84.8 Å². The molecule has 4 N–H and O–H groups in total. The molecular formula is C16H24N4O2. The smallest absolute Gasteiger partial charge is 0.231 e. The highest BCUT2D eigenvalue weighted by molar-refractivity contribution is 5.76. The van der Waals surface area contributed by atoms with Gasteiger partial charge >= 0.3 is 0 Å². The summed E-state index contributed by atoms with van der Waals surface area (Å²) in [5, 5.41) is 0. The van der Waals surface area contributed by atoms with Crippen molar-refractivity contribution in [3.63, 3.8) is 0 Å². The van der Waals surface area contributed by atoms with E-state index in [0.717, 1.165) is 49.7 Å². The normalized spacial score (nSPS) is 20.5. The molecule has 2 aliphatic heterocycles. The molecule has 2 heterocycles. The number of hydrogen-bond donors (Lipinski definition) is 2. The molecule has 0 atom stereocenters. The molecule has 0 unspecified atom stereocenters. The maximum atomic E-state index is 11.0. The molecule has 2 aliphatic rings. The second-order valence-electron chi connectivity index (χ2n) is 6.79. The van der Waals surface area contributed by atoms with Crippen LogP contribution in [0.5, 0.6) is 5.75 Å². The van der Waals surface area contributed by atoms with E-state index in [1.165, 1.54) is 5.56 Å². The van der Waals surface area contributed by atoms with Crippen LogP contribution in [0.1, 0.15) is 19.4 Å². The molecule has 1 saturated heterocycles. The van der Waals surface area contributed by atoms with Crippen LogP contribution in [0.25, 0.3) is 0 Å². The minimum atomic E-state index is -0.277. The summed E-state index contributed by atoms with van der Waals surface area (Å²) in [6.07, 6.45) is 0.888. The van der Waals surface area contributed by atoms with Gasteiger partial charge in [0.2, 0.25) is 5.91 Å². The minimum Gasteiger partial charge on any atom is -0.487 e. The largest absolute Gasteiger partial charge is 0.487 e. The van der Waals surface area contributed by atoms with Crippen LogP contribution in [0.15, 0.2) is 12.1 Å². The first-order valence-electron chi connectivity index (χ1n) is 7.71. The number of primary amides is 1. The number of piperazine rings is 1. The lowest BCUT2D eigenvalue weighted by Gasteiger charge is -2.36. The fourth-order valence-corrected chi connectivity index (χ4v) is 3.30. The first-order valence-corrected chi connectivity index (χ1v) is 7.71. The SMILES string of the molecule is CC1(C)Cc2cc(N)c(N3CCN(CC(N)=O)CC3)cc2O1. The molecule has 1 amide bonds. The highest BCUT2D eigenvalue weighted by Crippen LogP contribution is 2.40. The summed E-state index contributed by atoms with van der Waals surface area (Å²) in [5.41, 5.74) is 14.3. The van der Waals surface area contributed by atoms with Crippen LogP contribution in [0.2, 0.25) is 0 Å². The molecule has 0 radical (unpaired) electrons. The van der Waals surface area contributed by atoms with Gasteiger partial charge < -0.3 is 21.1 Å². The maximum absolute atomic E-state index is 11.0. The second kappa shape index (κ2) is 5.35. The first kappa shape index (κ1) is 15.0. The number of rotatable bonds is 3. The van der Waals surface area contributed by atoms with Crippen molar-refractivity contribution in [2.45, 2.75) is 25.9 Å². The molecule has 0 bridgehead atoms. The number of carbonyl (C=O) groups is 1. The van der Waals surface area contributed by atoms with Crippen molar-refractivity contribution in [3.8, 4) is 5.75 Å². The summed E-state index contributed by atoms with van der Waals surface area (Å²) in [7, 11) is 0. The van der Waals surface area contributed by atoms with Gasteiger partial charge in [0.05, 0.1) is 17.9 Å². The summed E-state index contributed by atoms with van der Waals surface area (Å²) in [6, 6.07) is 4.10. The molecule has 1 fully saturated rings. The Bertz CT molecular complexity index is 592. The Morgan fingerprint density at radius 1 is 1.27 bits per heavy atom. The number of nitrogens with two attached hydrogens (primary N) is 2. The standard InChI is InChI=1S/C16H24N4O2/c1-16(2)9-11-7-12(17)13(8-14(11)22-16)20-5-3-19(4-6-20)10-15(18)21/h7-8H,3-6,9-10,17H2,1-2H3,(H2,18,21). The van der Waals surface area contributed by atoms with Gasteiger partial charge in [0.15, 0.2) is 0 Å². The number of benzene rings is 1. The average molecular weight is 304 g/mol.